The lowest BCUT2D eigenvalue weighted by molar-refractivity contribution is -0.127. The van der Waals surface area contributed by atoms with E-state index in [1.165, 1.54) is 0 Å². The summed E-state index contributed by atoms with van der Waals surface area (Å²) in [5, 5.41) is 2.98. The van der Waals surface area contributed by atoms with Gasteiger partial charge < -0.3 is 16.8 Å². The van der Waals surface area contributed by atoms with Gasteiger partial charge in [0, 0.05) is 23.5 Å². The number of rotatable bonds is 1. The third-order valence-corrected chi connectivity index (χ3v) is 2.65. The van der Waals surface area contributed by atoms with Gasteiger partial charge in [0.05, 0.1) is 0 Å². The summed E-state index contributed by atoms with van der Waals surface area (Å²) in [6.07, 6.45) is 2.35. The lowest BCUT2D eigenvalue weighted by Gasteiger charge is -2.32. The van der Waals surface area contributed by atoms with Gasteiger partial charge in [0.2, 0.25) is 5.91 Å². The molecule has 15 heavy (non-hydrogen) atoms. The summed E-state index contributed by atoms with van der Waals surface area (Å²) in [5.74, 6) is 0.0797. The van der Waals surface area contributed by atoms with Crippen LogP contribution < -0.4 is 16.8 Å². The molecule has 1 fully saturated rings. The molecule has 0 heterocycles. The van der Waals surface area contributed by atoms with Crippen molar-refractivity contribution in [3.63, 3.8) is 0 Å². The van der Waals surface area contributed by atoms with Crippen molar-refractivity contribution in [3.05, 3.63) is 0 Å². The van der Waals surface area contributed by atoms with Crippen molar-refractivity contribution in [3.8, 4) is 0 Å². The monoisotopic (exact) mass is 213 g/mol. The maximum absolute atomic E-state index is 11.9. The fraction of sp³-hybridized carbons (Fsp3) is 0.909. The highest BCUT2D eigenvalue weighted by molar-refractivity contribution is 5.79. The molecule has 1 aliphatic rings. The molecule has 4 heteroatoms. The lowest BCUT2D eigenvalue weighted by atomic mass is 9.82. The van der Waals surface area contributed by atoms with Crippen molar-refractivity contribution in [1.29, 1.82) is 0 Å². The topological polar surface area (TPSA) is 81.1 Å². The van der Waals surface area contributed by atoms with Crippen LogP contribution in [0.4, 0.5) is 0 Å². The van der Waals surface area contributed by atoms with E-state index in [4.69, 9.17) is 11.5 Å². The van der Waals surface area contributed by atoms with Crippen LogP contribution >= 0.6 is 0 Å². The summed E-state index contributed by atoms with van der Waals surface area (Å²) in [5.41, 5.74) is 11.5. The number of carbonyl (C=O) groups is 1. The SMILES string of the molecule is CC(C)(C)NC(=O)C1CC(N)CC(N)C1. The molecule has 0 aromatic rings. The second kappa shape index (κ2) is 4.49. The molecule has 0 radical (unpaired) electrons. The molecule has 1 amide bonds. The molecule has 1 saturated carbocycles. The molecule has 0 bridgehead atoms. The minimum absolute atomic E-state index is 0.0111. The summed E-state index contributed by atoms with van der Waals surface area (Å²) in [6, 6.07) is 0.147. The van der Waals surface area contributed by atoms with E-state index in [1.54, 1.807) is 0 Å². The average molecular weight is 213 g/mol. The zero-order chi connectivity index (χ0) is 11.6. The van der Waals surface area contributed by atoms with Crippen LogP contribution in [0, 0.1) is 5.92 Å². The van der Waals surface area contributed by atoms with Gasteiger partial charge in [-0.05, 0) is 40.0 Å². The van der Waals surface area contributed by atoms with Gasteiger partial charge >= 0.3 is 0 Å². The molecular weight excluding hydrogens is 190 g/mol. The zero-order valence-corrected chi connectivity index (χ0v) is 9.92. The van der Waals surface area contributed by atoms with Crippen LogP contribution in [0.2, 0.25) is 0 Å². The van der Waals surface area contributed by atoms with Gasteiger partial charge in [0.1, 0.15) is 0 Å². The van der Waals surface area contributed by atoms with Gasteiger partial charge in [-0.2, -0.15) is 0 Å². The second-order valence-electron chi connectivity index (χ2n) is 5.66. The van der Waals surface area contributed by atoms with Gasteiger partial charge in [-0.1, -0.05) is 0 Å². The number of nitrogens with two attached hydrogens (primary N) is 2. The molecule has 5 N–H and O–H groups in total. The van der Waals surface area contributed by atoms with Crippen LogP contribution in [-0.4, -0.2) is 23.5 Å². The standard InChI is InChI=1S/C11H23N3O/c1-11(2,3)14-10(15)7-4-8(12)6-9(13)5-7/h7-9H,4-6,12-13H2,1-3H3,(H,14,15). The van der Waals surface area contributed by atoms with Crippen LogP contribution in [0.15, 0.2) is 0 Å². The van der Waals surface area contributed by atoms with Crippen molar-refractivity contribution >= 4 is 5.91 Å². The van der Waals surface area contributed by atoms with Crippen LogP contribution in [0.3, 0.4) is 0 Å². The number of nitrogens with one attached hydrogen (secondary N) is 1. The molecule has 0 spiro atoms. The van der Waals surface area contributed by atoms with Gasteiger partial charge in [0.25, 0.3) is 0 Å². The molecule has 1 rings (SSSR count). The fourth-order valence-corrected chi connectivity index (χ4v) is 2.09. The largest absolute Gasteiger partial charge is 0.351 e. The Bertz CT molecular complexity index is 224. The first-order valence-corrected chi connectivity index (χ1v) is 5.61. The maximum Gasteiger partial charge on any atom is 0.223 e. The van der Waals surface area contributed by atoms with Gasteiger partial charge in [-0.25, -0.2) is 0 Å². The number of carbonyl (C=O) groups excluding carboxylic acids is 1. The fourth-order valence-electron chi connectivity index (χ4n) is 2.09. The normalized spacial score (nSPS) is 32.5. The minimum Gasteiger partial charge on any atom is -0.351 e. The van der Waals surface area contributed by atoms with Gasteiger partial charge in [0.15, 0.2) is 0 Å². The molecule has 2 atom stereocenters. The zero-order valence-electron chi connectivity index (χ0n) is 9.92. The molecule has 2 unspecified atom stereocenters. The third-order valence-electron chi connectivity index (χ3n) is 2.65. The van der Waals surface area contributed by atoms with E-state index in [1.807, 2.05) is 20.8 Å². The summed E-state index contributed by atoms with van der Waals surface area (Å²) < 4.78 is 0. The van der Waals surface area contributed by atoms with E-state index in [-0.39, 0.29) is 29.4 Å². The molecule has 4 nitrogen and oxygen atoms in total. The minimum atomic E-state index is -0.178. The smallest absolute Gasteiger partial charge is 0.223 e. The number of hydrogen-bond acceptors (Lipinski definition) is 3. The van der Waals surface area contributed by atoms with E-state index < -0.39 is 0 Å². The summed E-state index contributed by atoms with van der Waals surface area (Å²) in [4.78, 5) is 11.9. The van der Waals surface area contributed by atoms with Crippen LogP contribution in [0.1, 0.15) is 40.0 Å². The Hall–Kier alpha value is -0.610. The number of amides is 1. The molecule has 1 aliphatic carbocycles. The molecule has 88 valence electrons. The van der Waals surface area contributed by atoms with E-state index in [0.717, 1.165) is 19.3 Å². The summed E-state index contributed by atoms with van der Waals surface area (Å²) >= 11 is 0. The summed E-state index contributed by atoms with van der Waals surface area (Å²) in [6.45, 7) is 5.94. The van der Waals surface area contributed by atoms with Gasteiger partial charge in [-0.3, -0.25) is 4.79 Å². The third kappa shape index (κ3) is 4.18. The Kier molecular flexibility index (Phi) is 3.73. The highest BCUT2D eigenvalue weighted by Crippen LogP contribution is 2.23. The first-order valence-electron chi connectivity index (χ1n) is 5.61. The Morgan fingerprint density at radius 3 is 2.00 bits per heavy atom. The molecule has 0 aliphatic heterocycles. The predicted molar refractivity (Wildman–Crippen MR) is 61.2 cm³/mol. The first-order chi connectivity index (χ1) is 6.78. The Morgan fingerprint density at radius 2 is 1.60 bits per heavy atom. The summed E-state index contributed by atoms with van der Waals surface area (Å²) in [7, 11) is 0. The van der Waals surface area contributed by atoms with Crippen molar-refractivity contribution < 1.29 is 4.79 Å². The Balaban J connectivity index is 2.52. The maximum atomic E-state index is 11.9. The lowest BCUT2D eigenvalue weighted by Crippen LogP contribution is -2.49. The average Bonchev–Trinajstić information content (AvgIpc) is 1.98. The molecule has 0 saturated heterocycles. The van der Waals surface area contributed by atoms with E-state index in [0.29, 0.717) is 0 Å². The second-order valence-corrected chi connectivity index (χ2v) is 5.66. The van der Waals surface area contributed by atoms with Crippen molar-refractivity contribution in [2.45, 2.75) is 57.7 Å². The van der Waals surface area contributed by atoms with E-state index in [2.05, 4.69) is 5.32 Å². The van der Waals surface area contributed by atoms with E-state index >= 15 is 0 Å². The highest BCUT2D eigenvalue weighted by Gasteiger charge is 2.30. The van der Waals surface area contributed by atoms with Crippen LogP contribution in [0.5, 0.6) is 0 Å². The van der Waals surface area contributed by atoms with E-state index in [9.17, 15) is 4.79 Å². The Labute approximate surface area is 91.8 Å². The molecular formula is C11H23N3O. The van der Waals surface area contributed by atoms with Crippen molar-refractivity contribution in [2.24, 2.45) is 17.4 Å². The molecule has 0 aromatic carbocycles. The quantitative estimate of drug-likeness (QED) is 0.588. The molecule has 0 aromatic heterocycles. The first kappa shape index (κ1) is 12.5. The highest BCUT2D eigenvalue weighted by atomic mass is 16.2. The van der Waals surface area contributed by atoms with Crippen molar-refractivity contribution in [2.75, 3.05) is 0 Å². The van der Waals surface area contributed by atoms with Gasteiger partial charge in [-0.15, -0.1) is 0 Å². The Morgan fingerprint density at radius 1 is 1.13 bits per heavy atom. The van der Waals surface area contributed by atoms with Crippen LogP contribution in [0.25, 0.3) is 0 Å². The van der Waals surface area contributed by atoms with Crippen LogP contribution in [-0.2, 0) is 4.79 Å². The number of hydrogen-bond donors (Lipinski definition) is 3. The van der Waals surface area contributed by atoms with Crippen molar-refractivity contribution in [1.82, 2.24) is 5.32 Å². The predicted octanol–water partition coefficient (Wildman–Crippen LogP) is 0.356.